The van der Waals surface area contributed by atoms with Crippen molar-refractivity contribution >= 4 is 34.8 Å². The number of aromatic nitrogens is 2. The summed E-state index contributed by atoms with van der Waals surface area (Å²) in [6, 6.07) is 5.97. The molecule has 0 saturated heterocycles. The molecule has 2 heterocycles. The van der Waals surface area contributed by atoms with E-state index in [0.717, 1.165) is 16.9 Å². The summed E-state index contributed by atoms with van der Waals surface area (Å²) in [4.78, 5) is 22.4. The maximum atomic E-state index is 13.2. The van der Waals surface area contributed by atoms with Crippen LogP contribution in [0.3, 0.4) is 0 Å². The van der Waals surface area contributed by atoms with Crippen LogP contribution in [-0.4, -0.2) is 27.2 Å². The van der Waals surface area contributed by atoms with Crippen LogP contribution in [0, 0.1) is 6.92 Å². The molecule has 0 amide bonds. The van der Waals surface area contributed by atoms with Crippen LogP contribution in [0.25, 0.3) is 0 Å². The summed E-state index contributed by atoms with van der Waals surface area (Å²) in [7, 11) is 0. The summed E-state index contributed by atoms with van der Waals surface area (Å²) in [6.07, 6.45) is 5.53. The molecule has 2 aromatic rings. The van der Waals surface area contributed by atoms with Crippen LogP contribution < -0.4 is 10.5 Å². The van der Waals surface area contributed by atoms with Gasteiger partial charge in [0.15, 0.2) is 0 Å². The van der Waals surface area contributed by atoms with E-state index in [-0.39, 0.29) is 5.56 Å². The predicted molar refractivity (Wildman–Crippen MR) is 110 cm³/mol. The van der Waals surface area contributed by atoms with E-state index < -0.39 is 0 Å². The molecule has 1 aromatic carbocycles. The van der Waals surface area contributed by atoms with Gasteiger partial charge in [0, 0.05) is 33.0 Å². The van der Waals surface area contributed by atoms with Crippen LogP contribution in [0.2, 0.25) is 10.0 Å². The van der Waals surface area contributed by atoms with E-state index in [1.165, 1.54) is 25.7 Å². The van der Waals surface area contributed by atoms with Gasteiger partial charge in [0.2, 0.25) is 5.95 Å². The number of anilines is 2. The maximum Gasteiger partial charge on any atom is 0.259 e. The van der Waals surface area contributed by atoms with Crippen molar-refractivity contribution in [3.05, 3.63) is 49.9 Å². The van der Waals surface area contributed by atoms with Crippen LogP contribution in [0.5, 0.6) is 0 Å². The van der Waals surface area contributed by atoms with Crippen LogP contribution in [0.15, 0.2) is 23.0 Å². The molecule has 144 valence electrons. The molecule has 0 bridgehead atoms. The fraction of sp³-hybridized carbons (Fsp3) is 0.500. The van der Waals surface area contributed by atoms with Crippen LogP contribution in [0.4, 0.5) is 11.6 Å². The van der Waals surface area contributed by atoms with E-state index in [4.69, 9.17) is 28.2 Å². The Morgan fingerprint density at radius 3 is 2.41 bits per heavy atom. The van der Waals surface area contributed by atoms with E-state index in [2.05, 4.69) is 9.80 Å². The molecule has 1 aliphatic heterocycles. The minimum Gasteiger partial charge on any atom is -0.298 e. The van der Waals surface area contributed by atoms with Crippen LogP contribution in [-0.2, 0) is 13.1 Å². The Hall–Kier alpha value is -1.56. The van der Waals surface area contributed by atoms with Crippen molar-refractivity contribution in [1.82, 2.24) is 14.5 Å². The molecule has 1 aliphatic carbocycles. The summed E-state index contributed by atoms with van der Waals surface area (Å²) in [5, 5.41) is 1.15. The molecule has 27 heavy (non-hydrogen) atoms. The van der Waals surface area contributed by atoms with E-state index >= 15 is 0 Å². The highest BCUT2D eigenvalue weighted by atomic mass is 35.5. The Labute approximate surface area is 169 Å². The number of hydrogen-bond donors (Lipinski definition) is 0. The van der Waals surface area contributed by atoms with Crippen molar-refractivity contribution in [3.63, 3.8) is 0 Å². The topological polar surface area (TPSA) is 41.4 Å². The summed E-state index contributed by atoms with van der Waals surface area (Å²) in [5.74, 6) is 0.669. The molecule has 7 heteroatoms. The van der Waals surface area contributed by atoms with Gasteiger partial charge in [0.1, 0.15) is 0 Å². The lowest BCUT2D eigenvalue weighted by molar-refractivity contribution is 0.138. The van der Waals surface area contributed by atoms with Crippen molar-refractivity contribution in [1.29, 1.82) is 0 Å². The Morgan fingerprint density at radius 1 is 1.11 bits per heavy atom. The number of nitrogens with zero attached hydrogens (tertiary/aromatic N) is 4. The minimum atomic E-state index is 0.0563. The second-order valence-electron chi connectivity index (χ2n) is 7.43. The quantitative estimate of drug-likeness (QED) is 0.738. The zero-order valence-corrected chi connectivity index (χ0v) is 17.2. The van der Waals surface area contributed by atoms with Crippen molar-refractivity contribution in [3.8, 4) is 0 Å². The van der Waals surface area contributed by atoms with Crippen LogP contribution >= 0.6 is 23.2 Å². The monoisotopic (exact) mass is 406 g/mol. The molecule has 5 nitrogen and oxygen atoms in total. The summed E-state index contributed by atoms with van der Waals surface area (Å²) < 4.78 is 1.81. The van der Waals surface area contributed by atoms with Crippen molar-refractivity contribution in [2.24, 2.45) is 0 Å². The molecular weight excluding hydrogens is 383 g/mol. The first-order valence-corrected chi connectivity index (χ1v) is 10.3. The Morgan fingerprint density at radius 2 is 1.78 bits per heavy atom. The summed E-state index contributed by atoms with van der Waals surface area (Å²) >= 11 is 12.5. The third-order valence-corrected chi connectivity index (χ3v) is 6.13. The average Bonchev–Trinajstić information content (AvgIpc) is 3.15. The van der Waals surface area contributed by atoms with Gasteiger partial charge in [-0.15, -0.1) is 0 Å². The molecule has 1 saturated carbocycles. The third-order valence-electron chi connectivity index (χ3n) is 5.69. The lowest BCUT2D eigenvalue weighted by Gasteiger charge is -2.41. The molecular formula is C20H24Cl2N4O. The fourth-order valence-electron chi connectivity index (χ4n) is 4.29. The van der Waals surface area contributed by atoms with Crippen molar-refractivity contribution < 1.29 is 0 Å². The standard InChI is InChI=1S/C20H24Cl2N4O/c1-3-18-13(2)23-20-25(17-9-14(21)8-15(22)10-17)11-24(12-26(20)19(18)27)16-6-4-5-7-16/h8-10,16H,3-7,11-12H2,1-2H3. The van der Waals surface area contributed by atoms with Gasteiger partial charge in [-0.25, -0.2) is 4.98 Å². The van der Waals surface area contributed by atoms with Gasteiger partial charge in [-0.3, -0.25) is 19.2 Å². The number of fused-ring (bicyclic) bond motifs is 1. The highest BCUT2D eigenvalue weighted by molar-refractivity contribution is 6.35. The maximum absolute atomic E-state index is 13.2. The highest BCUT2D eigenvalue weighted by Crippen LogP contribution is 2.34. The van der Waals surface area contributed by atoms with Gasteiger partial charge in [0.05, 0.1) is 13.3 Å². The van der Waals surface area contributed by atoms with Crippen molar-refractivity contribution in [2.45, 2.75) is 58.7 Å². The van der Waals surface area contributed by atoms with Gasteiger partial charge in [-0.05, 0) is 44.4 Å². The van der Waals surface area contributed by atoms with E-state index in [0.29, 0.717) is 41.8 Å². The zero-order valence-electron chi connectivity index (χ0n) is 15.7. The SMILES string of the molecule is CCc1c(C)nc2n(c1=O)CN(C1CCCC1)CN2c1cc(Cl)cc(Cl)c1. The molecule has 0 spiro atoms. The second-order valence-corrected chi connectivity index (χ2v) is 8.30. The summed E-state index contributed by atoms with van der Waals surface area (Å²) in [6.45, 7) is 5.18. The van der Waals surface area contributed by atoms with Gasteiger partial charge >= 0.3 is 0 Å². The lowest BCUT2D eigenvalue weighted by Crippen LogP contribution is -2.51. The van der Waals surface area contributed by atoms with E-state index in [1.54, 1.807) is 6.07 Å². The Balaban J connectivity index is 1.86. The van der Waals surface area contributed by atoms with Crippen LogP contribution in [0.1, 0.15) is 43.9 Å². The zero-order chi connectivity index (χ0) is 19.1. The second kappa shape index (κ2) is 7.46. The number of hydrogen-bond acceptors (Lipinski definition) is 4. The smallest absolute Gasteiger partial charge is 0.259 e. The fourth-order valence-corrected chi connectivity index (χ4v) is 4.81. The predicted octanol–water partition coefficient (Wildman–Crippen LogP) is 4.73. The Kier molecular flexibility index (Phi) is 5.19. The molecule has 1 fully saturated rings. The molecule has 0 radical (unpaired) electrons. The molecule has 0 unspecified atom stereocenters. The van der Waals surface area contributed by atoms with Gasteiger partial charge in [-0.2, -0.15) is 0 Å². The number of benzene rings is 1. The van der Waals surface area contributed by atoms with E-state index in [9.17, 15) is 4.79 Å². The molecule has 1 aromatic heterocycles. The van der Waals surface area contributed by atoms with Gasteiger partial charge < -0.3 is 0 Å². The van der Waals surface area contributed by atoms with Gasteiger partial charge in [0.25, 0.3) is 5.56 Å². The normalized spacial score (nSPS) is 18.1. The minimum absolute atomic E-state index is 0.0563. The van der Waals surface area contributed by atoms with Crippen molar-refractivity contribution in [2.75, 3.05) is 11.6 Å². The first-order chi connectivity index (χ1) is 13.0. The Bertz CT molecular complexity index is 901. The average molecular weight is 407 g/mol. The molecule has 2 aliphatic rings. The number of aryl methyl sites for hydroxylation is 1. The first kappa shape index (κ1) is 18.8. The molecule has 4 rings (SSSR count). The largest absolute Gasteiger partial charge is 0.298 e. The summed E-state index contributed by atoms with van der Waals surface area (Å²) in [5.41, 5.74) is 2.50. The number of rotatable bonds is 3. The first-order valence-electron chi connectivity index (χ1n) is 9.56. The van der Waals surface area contributed by atoms with Gasteiger partial charge in [-0.1, -0.05) is 43.0 Å². The lowest BCUT2D eigenvalue weighted by atomic mass is 10.2. The molecule has 0 N–H and O–H groups in total. The van der Waals surface area contributed by atoms with E-state index in [1.807, 2.05) is 30.5 Å². The number of halogens is 2. The molecule has 0 atom stereocenters. The highest BCUT2D eigenvalue weighted by Gasteiger charge is 2.32. The third kappa shape index (κ3) is 3.48.